The summed E-state index contributed by atoms with van der Waals surface area (Å²) < 4.78 is 0. The van der Waals surface area contributed by atoms with Gasteiger partial charge in [0.15, 0.2) is 0 Å². The predicted octanol–water partition coefficient (Wildman–Crippen LogP) is 6.00. The smallest absolute Gasteiger partial charge is 0.256 e. The Balaban J connectivity index is 0.000000194. The van der Waals surface area contributed by atoms with E-state index in [0.717, 1.165) is 51.4 Å². The van der Waals surface area contributed by atoms with Gasteiger partial charge in [-0.15, -0.1) is 0 Å². The van der Waals surface area contributed by atoms with Gasteiger partial charge in [0.2, 0.25) is 11.8 Å². The first-order chi connectivity index (χ1) is 24.0. The molecule has 10 nitrogen and oxygen atoms in total. The van der Waals surface area contributed by atoms with Crippen LogP contribution in [0.5, 0.6) is 0 Å². The van der Waals surface area contributed by atoms with Crippen molar-refractivity contribution < 1.29 is 19.2 Å². The van der Waals surface area contributed by atoms with Gasteiger partial charge in [0.05, 0.1) is 46.4 Å². The zero-order valence-corrected chi connectivity index (χ0v) is 31.0. The lowest BCUT2D eigenvalue weighted by molar-refractivity contribution is 0.0840. The number of nitrogens with two attached hydrogens (primary N) is 2. The fourth-order valence-electron chi connectivity index (χ4n) is 8.99. The van der Waals surface area contributed by atoms with Crippen LogP contribution in [-0.2, 0) is 0 Å². The SMILES string of the molecule is CCCCC1N(C(=O)c2ccccc2C(N)=O)[C@@]12[C@@H](CCCC)N2C.CCCCC1N(C(=O)c2ccccc2C(N)=O)[C@@]12[C@H](CCCC)N2C. The number of unbranched alkanes of at least 4 members (excludes halogenated alkanes) is 4. The second kappa shape index (κ2) is 15.2. The fourth-order valence-corrected chi connectivity index (χ4v) is 8.99. The van der Waals surface area contributed by atoms with Crippen LogP contribution < -0.4 is 11.5 Å². The van der Waals surface area contributed by atoms with Crippen LogP contribution in [0.4, 0.5) is 0 Å². The Morgan fingerprint density at radius 1 is 0.520 bits per heavy atom. The monoisotopic (exact) mass is 686 g/mol. The molecule has 4 aliphatic rings. The molecule has 4 N–H and O–H groups in total. The quantitative estimate of drug-likeness (QED) is 0.208. The van der Waals surface area contributed by atoms with E-state index < -0.39 is 11.8 Å². The molecular formula is C40H58N6O4. The third-order valence-corrected chi connectivity index (χ3v) is 11.8. The number of carbonyl (C=O) groups excluding carboxylic acids is 4. The Morgan fingerprint density at radius 2 is 0.800 bits per heavy atom. The number of amides is 4. The van der Waals surface area contributed by atoms with E-state index in [1.54, 1.807) is 48.5 Å². The molecule has 4 fully saturated rings. The van der Waals surface area contributed by atoms with Gasteiger partial charge in [-0.05, 0) is 64.0 Å². The Hall–Kier alpha value is -3.76. The molecule has 4 saturated heterocycles. The molecule has 2 aromatic carbocycles. The van der Waals surface area contributed by atoms with Gasteiger partial charge < -0.3 is 21.3 Å². The largest absolute Gasteiger partial charge is 0.366 e. The van der Waals surface area contributed by atoms with E-state index >= 15 is 0 Å². The van der Waals surface area contributed by atoms with Gasteiger partial charge in [-0.3, -0.25) is 29.0 Å². The van der Waals surface area contributed by atoms with E-state index in [2.05, 4.69) is 51.6 Å². The molecule has 0 bridgehead atoms. The van der Waals surface area contributed by atoms with Gasteiger partial charge in [-0.25, -0.2) is 0 Å². The topological polar surface area (TPSA) is 132 Å². The van der Waals surface area contributed by atoms with Crippen molar-refractivity contribution in [1.29, 1.82) is 0 Å². The molecule has 2 spiro atoms. The average Bonchev–Trinajstić information content (AvgIpc) is 4.08. The Morgan fingerprint density at radius 3 is 1.08 bits per heavy atom. The van der Waals surface area contributed by atoms with Crippen LogP contribution in [0.3, 0.4) is 0 Å². The summed E-state index contributed by atoms with van der Waals surface area (Å²) in [6.45, 7) is 8.74. The summed E-state index contributed by atoms with van der Waals surface area (Å²) >= 11 is 0. The molecule has 0 saturated carbocycles. The first-order valence-corrected chi connectivity index (χ1v) is 18.9. The molecule has 4 unspecified atom stereocenters. The summed E-state index contributed by atoms with van der Waals surface area (Å²) in [6.07, 6.45) is 13.4. The van der Waals surface area contributed by atoms with Gasteiger partial charge in [0.25, 0.3) is 11.8 Å². The maximum atomic E-state index is 13.2. The van der Waals surface area contributed by atoms with Crippen LogP contribution in [0.1, 0.15) is 146 Å². The van der Waals surface area contributed by atoms with Crippen molar-refractivity contribution in [1.82, 2.24) is 19.6 Å². The minimum atomic E-state index is -0.545. The summed E-state index contributed by atoms with van der Waals surface area (Å²) in [5.41, 5.74) is 12.2. The van der Waals surface area contributed by atoms with Crippen LogP contribution in [0, 0.1) is 0 Å². The highest BCUT2D eigenvalue weighted by Crippen LogP contribution is 2.64. The Labute approximate surface area is 298 Å². The van der Waals surface area contributed by atoms with Crippen LogP contribution >= 0.6 is 0 Å². The van der Waals surface area contributed by atoms with Crippen LogP contribution in [0.15, 0.2) is 48.5 Å². The number of rotatable bonds is 16. The van der Waals surface area contributed by atoms with Gasteiger partial charge >= 0.3 is 0 Å². The van der Waals surface area contributed by atoms with E-state index in [1.807, 2.05) is 9.80 Å². The average molecular weight is 687 g/mol. The highest BCUT2D eigenvalue weighted by atomic mass is 16.2. The summed E-state index contributed by atoms with van der Waals surface area (Å²) in [5, 5.41) is 0. The molecule has 50 heavy (non-hydrogen) atoms. The highest BCUT2D eigenvalue weighted by Gasteiger charge is 2.83. The van der Waals surface area contributed by atoms with Gasteiger partial charge in [0, 0.05) is 0 Å². The Kier molecular flexibility index (Phi) is 11.4. The molecule has 10 heteroatoms. The van der Waals surface area contributed by atoms with Crippen LogP contribution in [0.2, 0.25) is 0 Å². The maximum Gasteiger partial charge on any atom is 0.256 e. The van der Waals surface area contributed by atoms with Crippen molar-refractivity contribution >= 4 is 23.6 Å². The minimum Gasteiger partial charge on any atom is -0.366 e. The molecule has 6 rings (SSSR count). The van der Waals surface area contributed by atoms with E-state index in [1.165, 1.54) is 25.7 Å². The summed E-state index contributed by atoms with van der Waals surface area (Å²) in [6, 6.07) is 15.2. The fraction of sp³-hybridized carbons (Fsp3) is 0.600. The summed E-state index contributed by atoms with van der Waals surface area (Å²) in [7, 11) is 4.24. The number of primary amides is 2. The predicted molar refractivity (Wildman–Crippen MR) is 196 cm³/mol. The zero-order valence-electron chi connectivity index (χ0n) is 31.0. The molecule has 4 amide bonds. The minimum absolute atomic E-state index is 0.0543. The summed E-state index contributed by atoms with van der Waals surface area (Å²) in [5.74, 6) is -1.20. The molecule has 0 aromatic heterocycles. The van der Waals surface area contributed by atoms with Crippen molar-refractivity contribution in [2.24, 2.45) is 11.5 Å². The van der Waals surface area contributed by atoms with Gasteiger partial charge in [0.1, 0.15) is 11.3 Å². The van der Waals surface area contributed by atoms with Crippen molar-refractivity contribution in [3.63, 3.8) is 0 Å². The second-order valence-electron chi connectivity index (χ2n) is 14.6. The maximum absolute atomic E-state index is 13.2. The number of nitrogens with zero attached hydrogens (tertiary/aromatic N) is 4. The van der Waals surface area contributed by atoms with Crippen molar-refractivity contribution in [2.75, 3.05) is 14.1 Å². The first-order valence-electron chi connectivity index (χ1n) is 18.9. The third-order valence-electron chi connectivity index (χ3n) is 11.8. The van der Waals surface area contributed by atoms with Crippen molar-refractivity contribution in [3.05, 3.63) is 70.8 Å². The number of hydrogen-bond acceptors (Lipinski definition) is 6. The highest BCUT2D eigenvalue weighted by molar-refractivity contribution is 6.09. The number of benzene rings is 2. The second-order valence-corrected chi connectivity index (χ2v) is 14.6. The van der Waals surface area contributed by atoms with Crippen LogP contribution in [0.25, 0.3) is 0 Å². The van der Waals surface area contributed by atoms with E-state index in [-0.39, 0.29) is 35.2 Å². The molecule has 2 aromatic rings. The molecule has 8 atom stereocenters. The van der Waals surface area contributed by atoms with E-state index in [4.69, 9.17) is 11.5 Å². The van der Waals surface area contributed by atoms with Gasteiger partial charge in [-0.1, -0.05) is 103 Å². The van der Waals surface area contributed by atoms with Crippen molar-refractivity contribution in [3.8, 4) is 0 Å². The van der Waals surface area contributed by atoms with Crippen molar-refractivity contribution in [2.45, 2.75) is 140 Å². The third kappa shape index (κ3) is 6.34. The van der Waals surface area contributed by atoms with E-state index in [0.29, 0.717) is 34.3 Å². The lowest BCUT2D eigenvalue weighted by Gasteiger charge is -2.08. The number of carbonyl (C=O) groups is 4. The molecular weight excluding hydrogens is 628 g/mol. The standard InChI is InChI=1S/2C20H29N3O2/c2*1-4-6-12-16-20(22(16)3)17(13-7-5-2)23(20)19(25)15-11-9-8-10-14(15)18(21)24/h2*8-11,16-17H,4-7,12-13H2,1-3H3,(H2,21,24)/t16-,17?,20+,22?,23?;16-,17?,20-,22?,23?/m10/s1. The van der Waals surface area contributed by atoms with Crippen LogP contribution in [-0.4, -0.2) is 92.8 Å². The molecule has 4 heterocycles. The molecule has 0 aliphatic carbocycles. The number of hydrogen-bond donors (Lipinski definition) is 2. The van der Waals surface area contributed by atoms with E-state index in [9.17, 15) is 19.2 Å². The lowest BCUT2D eigenvalue weighted by atomic mass is 10.1. The lowest BCUT2D eigenvalue weighted by Crippen LogP contribution is -2.23. The zero-order chi connectivity index (χ0) is 36.4. The normalized spacial score (nSPS) is 29.7. The molecule has 4 aliphatic heterocycles. The molecule has 0 radical (unpaired) electrons. The van der Waals surface area contributed by atoms with Gasteiger partial charge in [-0.2, -0.15) is 0 Å². The Bertz CT molecular complexity index is 1460. The molecule has 272 valence electrons. The first kappa shape index (κ1) is 37.5. The number of likely N-dealkylation sites (N-methyl/N-ethyl adjacent to an activating group) is 2. The summed E-state index contributed by atoms with van der Waals surface area (Å²) in [4.78, 5) is 58.5.